The Kier molecular flexibility index (Phi) is 3.62. The van der Waals surface area contributed by atoms with Crippen molar-refractivity contribution in [3.8, 4) is 0 Å². The van der Waals surface area contributed by atoms with Gasteiger partial charge in [-0.3, -0.25) is 0 Å². The van der Waals surface area contributed by atoms with Crippen LogP contribution in [0.4, 0.5) is 0 Å². The summed E-state index contributed by atoms with van der Waals surface area (Å²) in [7, 11) is 0. The lowest BCUT2D eigenvalue weighted by Crippen LogP contribution is -2.45. The third kappa shape index (κ3) is 2.68. The average molecular weight is 300 g/mol. The van der Waals surface area contributed by atoms with Crippen molar-refractivity contribution in [1.29, 1.82) is 0 Å². The van der Waals surface area contributed by atoms with Crippen LogP contribution >= 0.6 is 12.2 Å². The molecule has 0 aliphatic heterocycles. The Morgan fingerprint density at radius 3 is 2.76 bits per heavy atom. The normalized spacial score (nSPS) is 33.5. The van der Waals surface area contributed by atoms with Crippen molar-refractivity contribution in [3.63, 3.8) is 0 Å². The van der Waals surface area contributed by atoms with Crippen LogP contribution in [0, 0.1) is 11.8 Å². The van der Waals surface area contributed by atoms with Gasteiger partial charge >= 0.3 is 0 Å². The van der Waals surface area contributed by atoms with Gasteiger partial charge in [-0.05, 0) is 73.7 Å². The Balaban J connectivity index is 1.39. The molecule has 4 rings (SSSR count). The number of hydrogen-bond acceptors (Lipinski definition) is 1. The average Bonchev–Trinajstić information content (AvgIpc) is 3.10. The molecule has 1 aromatic rings. The molecule has 2 N–H and O–H groups in total. The first-order valence-electron chi connectivity index (χ1n) is 8.44. The molecule has 2 fully saturated rings. The Morgan fingerprint density at radius 2 is 1.95 bits per heavy atom. The van der Waals surface area contributed by atoms with E-state index in [4.69, 9.17) is 12.2 Å². The van der Waals surface area contributed by atoms with Crippen LogP contribution in [0.2, 0.25) is 0 Å². The zero-order valence-corrected chi connectivity index (χ0v) is 13.3. The quantitative estimate of drug-likeness (QED) is 0.814. The van der Waals surface area contributed by atoms with E-state index >= 15 is 0 Å². The molecule has 112 valence electrons. The topological polar surface area (TPSA) is 24.1 Å². The molecule has 0 aromatic heterocycles. The van der Waals surface area contributed by atoms with E-state index in [0.717, 1.165) is 16.9 Å². The number of hydrogen-bond donors (Lipinski definition) is 2. The summed E-state index contributed by atoms with van der Waals surface area (Å²) < 4.78 is 0. The third-order valence-electron chi connectivity index (χ3n) is 5.73. The molecule has 0 spiro atoms. The third-order valence-corrected chi connectivity index (χ3v) is 5.97. The maximum atomic E-state index is 5.59. The van der Waals surface area contributed by atoms with Gasteiger partial charge in [0.25, 0.3) is 0 Å². The predicted octanol–water partition coefficient (Wildman–Crippen LogP) is 3.72. The van der Waals surface area contributed by atoms with Crippen LogP contribution in [0.5, 0.6) is 0 Å². The van der Waals surface area contributed by atoms with Crippen LogP contribution in [-0.2, 0) is 6.42 Å². The highest BCUT2D eigenvalue weighted by molar-refractivity contribution is 7.80. The van der Waals surface area contributed by atoms with Crippen LogP contribution in [0.15, 0.2) is 24.3 Å². The molecule has 0 unspecified atom stereocenters. The van der Waals surface area contributed by atoms with E-state index in [-0.39, 0.29) is 0 Å². The molecule has 0 amide bonds. The standard InChI is InChI=1S/C18H24N2S/c21-18(20-17-11-12-8-9-14(17)10-12)19-16-7-3-5-13-4-1-2-6-15(13)16/h1-2,4,6,12,14,16-17H,3,5,7-11H2,(H2,19,20,21)/t12-,14-,16+,17-/m1/s1. The van der Waals surface area contributed by atoms with E-state index in [1.165, 1.54) is 56.1 Å². The minimum atomic E-state index is 0.397. The number of rotatable bonds is 2. The molecule has 1 aromatic carbocycles. The second-order valence-electron chi connectivity index (χ2n) is 7.04. The summed E-state index contributed by atoms with van der Waals surface area (Å²) in [5.41, 5.74) is 2.94. The largest absolute Gasteiger partial charge is 0.360 e. The first-order chi connectivity index (χ1) is 10.3. The summed E-state index contributed by atoms with van der Waals surface area (Å²) in [5.74, 6) is 1.83. The fraction of sp³-hybridized carbons (Fsp3) is 0.611. The predicted molar refractivity (Wildman–Crippen MR) is 90.2 cm³/mol. The van der Waals surface area contributed by atoms with Crippen LogP contribution < -0.4 is 10.6 Å². The number of fused-ring (bicyclic) bond motifs is 3. The molecule has 3 heteroatoms. The van der Waals surface area contributed by atoms with Gasteiger partial charge in [-0.25, -0.2) is 0 Å². The number of thiocarbonyl (C=S) groups is 1. The number of nitrogens with one attached hydrogen (secondary N) is 2. The molecule has 0 saturated heterocycles. The summed E-state index contributed by atoms with van der Waals surface area (Å²) in [5, 5.41) is 8.06. The molecular formula is C18H24N2S. The van der Waals surface area contributed by atoms with Crippen molar-refractivity contribution in [1.82, 2.24) is 10.6 Å². The van der Waals surface area contributed by atoms with Gasteiger partial charge in [0.05, 0.1) is 6.04 Å². The monoisotopic (exact) mass is 300 g/mol. The molecule has 2 saturated carbocycles. The summed E-state index contributed by atoms with van der Waals surface area (Å²) in [6.45, 7) is 0. The van der Waals surface area contributed by atoms with E-state index in [1.807, 2.05) is 0 Å². The molecule has 2 nitrogen and oxygen atoms in total. The van der Waals surface area contributed by atoms with Crippen molar-refractivity contribution >= 4 is 17.3 Å². The zero-order valence-electron chi connectivity index (χ0n) is 12.5. The Labute approximate surface area is 132 Å². The second-order valence-corrected chi connectivity index (χ2v) is 7.45. The van der Waals surface area contributed by atoms with E-state index in [1.54, 1.807) is 0 Å². The van der Waals surface area contributed by atoms with Gasteiger partial charge in [0, 0.05) is 6.04 Å². The smallest absolute Gasteiger partial charge is 0.167 e. The Bertz CT molecular complexity index is 542. The van der Waals surface area contributed by atoms with Gasteiger partial charge in [-0.1, -0.05) is 30.7 Å². The van der Waals surface area contributed by atoms with Gasteiger partial charge in [-0.15, -0.1) is 0 Å². The Morgan fingerprint density at radius 1 is 1.05 bits per heavy atom. The zero-order chi connectivity index (χ0) is 14.2. The minimum absolute atomic E-state index is 0.397. The van der Waals surface area contributed by atoms with Crippen molar-refractivity contribution in [2.24, 2.45) is 11.8 Å². The summed E-state index contributed by atoms with van der Waals surface area (Å²) in [4.78, 5) is 0. The number of benzene rings is 1. The van der Waals surface area contributed by atoms with Crippen LogP contribution in [0.3, 0.4) is 0 Å². The lowest BCUT2D eigenvalue weighted by Gasteiger charge is -2.30. The van der Waals surface area contributed by atoms with Crippen LogP contribution in [0.1, 0.15) is 55.7 Å². The van der Waals surface area contributed by atoms with E-state index in [9.17, 15) is 0 Å². The fourth-order valence-corrected chi connectivity index (χ4v) is 4.99. The maximum absolute atomic E-state index is 5.59. The second kappa shape index (κ2) is 5.60. The minimum Gasteiger partial charge on any atom is -0.360 e. The summed E-state index contributed by atoms with van der Waals surface area (Å²) >= 11 is 5.59. The van der Waals surface area contributed by atoms with Crippen molar-refractivity contribution < 1.29 is 0 Å². The molecule has 4 atom stereocenters. The molecular weight excluding hydrogens is 276 g/mol. The summed E-state index contributed by atoms with van der Waals surface area (Å²) in [6.07, 6.45) is 9.25. The highest BCUT2D eigenvalue weighted by atomic mass is 32.1. The lowest BCUT2D eigenvalue weighted by atomic mass is 9.88. The maximum Gasteiger partial charge on any atom is 0.167 e. The molecule has 0 radical (unpaired) electrons. The van der Waals surface area contributed by atoms with E-state index in [2.05, 4.69) is 34.9 Å². The lowest BCUT2D eigenvalue weighted by molar-refractivity contribution is 0.386. The van der Waals surface area contributed by atoms with Gasteiger partial charge < -0.3 is 10.6 Å². The van der Waals surface area contributed by atoms with Crippen molar-refractivity contribution in [3.05, 3.63) is 35.4 Å². The molecule has 0 heterocycles. The molecule has 3 aliphatic carbocycles. The van der Waals surface area contributed by atoms with Gasteiger partial charge in [0.15, 0.2) is 5.11 Å². The van der Waals surface area contributed by atoms with Gasteiger partial charge in [-0.2, -0.15) is 0 Å². The summed E-state index contributed by atoms with van der Waals surface area (Å²) in [6, 6.07) is 9.83. The van der Waals surface area contributed by atoms with E-state index < -0.39 is 0 Å². The highest BCUT2D eigenvalue weighted by Crippen LogP contribution is 2.44. The SMILES string of the molecule is S=C(N[C@H]1CCCc2ccccc21)N[C@@H]1C[C@@H]2CC[C@@H]1C2. The molecule has 2 bridgehead atoms. The van der Waals surface area contributed by atoms with E-state index in [0.29, 0.717) is 12.1 Å². The Hall–Kier alpha value is -1.09. The fourth-order valence-electron chi connectivity index (χ4n) is 4.69. The van der Waals surface area contributed by atoms with Gasteiger partial charge in [0.2, 0.25) is 0 Å². The van der Waals surface area contributed by atoms with Crippen LogP contribution in [0.25, 0.3) is 0 Å². The first kappa shape index (κ1) is 13.6. The molecule has 3 aliphatic rings. The number of aryl methyl sites for hydroxylation is 1. The first-order valence-corrected chi connectivity index (χ1v) is 8.85. The van der Waals surface area contributed by atoms with Crippen molar-refractivity contribution in [2.45, 2.75) is 57.0 Å². The molecule has 21 heavy (non-hydrogen) atoms. The van der Waals surface area contributed by atoms with Gasteiger partial charge in [0.1, 0.15) is 0 Å². The van der Waals surface area contributed by atoms with Crippen molar-refractivity contribution in [2.75, 3.05) is 0 Å². The van der Waals surface area contributed by atoms with Crippen LogP contribution in [-0.4, -0.2) is 11.2 Å². The highest BCUT2D eigenvalue weighted by Gasteiger charge is 2.39.